The third-order valence-electron chi connectivity index (χ3n) is 10.5. The first-order chi connectivity index (χ1) is 24.6. The Balaban J connectivity index is 1.42. The number of aromatic nitrogens is 2. The molecule has 0 unspecified atom stereocenters. The van der Waals surface area contributed by atoms with E-state index in [1.807, 2.05) is 12.1 Å². The Labute approximate surface area is 298 Å². The molecule has 0 aliphatic carbocycles. The van der Waals surface area contributed by atoms with Gasteiger partial charge in [-0.15, -0.1) is 0 Å². The molecule has 9 rings (SSSR count). The van der Waals surface area contributed by atoms with Gasteiger partial charge < -0.3 is 8.83 Å². The van der Waals surface area contributed by atoms with Crippen LogP contribution < -0.4 is 0 Å². The zero-order valence-electron chi connectivity index (χ0n) is 30.3. The van der Waals surface area contributed by atoms with Crippen LogP contribution in [0.4, 0.5) is 0 Å². The Morgan fingerprint density at radius 2 is 1.27 bits per heavy atom. The molecule has 0 bridgehead atoms. The van der Waals surface area contributed by atoms with Crippen LogP contribution in [0.25, 0.3) is 83.1 Å². The number of para-hydroxylation sites is 3. The normalized spacial score (nSPS) is 12.6. The third kappa shape index (κ3) is 4.84. The second kappa shape index (κ2) is 11.5. The van der Waals surface area contributed by atoms with Crippen LogP contribution in [0.5, 0.6) is 0 Å². The monoisotopic (exact) mass is 666 g/mol. The highest BCUT2D eigenvalue weighted by atomic mass is 16.3. The Morgan fingerprint density at radius 1 is 0.588 bits per heavy atom. The summed E-state index contributed by atoms with van der Waals surface area (Å²) in [6, 6.07) is 41.1. The van der Waals surface area contributed by atoms with Gasteiger partial charge >= 0.3 is 0 Å². The summed E-state index contributed by atoms with van der Waals surface area (Å²) in [6.07, 6.45) is 0. The van der Waals surface area contributed by atoms with Crippen molar-refractivity contribution >= 4 is 54.9 Å². The molecule has 0 atom stereocenters. The molecule has 4 heteroatoms. The third-order valence-corrected chi connectivity index (χ3v) is 10.5. The van der Waals surface area contributed by atoms with Crippen LogP contribution in [-0.4, -0.2) is 9.55 Å². The summed E-state index contributed by atoms with van der Waals surface area (Å²) in [5.41, 5.74) is 13.8. The van der Waals surface area contributed by atoms with Crippen LogP contribution >= 0.6 is 0 Å². The zero-order valence-corrected chi connectivity index (χ0v) is 30.3. The smallest absolute Gasteiger partial charge is 0.149 e. The van der Waals surface area contributed by atoms with Gasteiger partial charge in [0, 0.05) is 16.2 Å². The molecular formula is C47H42N2O2. The second-order valence-electron chi connectivity index (χ2n) is 15.6. The number of hydrogen-bond acceptors (Lipinski definition) is 3. The SMILES string of the molecule is CC(C)c1cc(-c2ccccc2)cc(C(C)C)c1-n1c(-c2ccc(C(C)(C)C)c3c2oc2c3ccc3oc4ccccc4c32)nc2ccccc21. The molecule has 0 amide bonds. The van der Waals surface area contributed by atoms with E-state index in [2.05, 4.69) is 156 Å². The Kier molecular flexibility index (Phi) is 7.05. The maximum Gasteiger partial charge on any atom is 0.149 e. The molecule has 6 aromatic carbocycles. The van der Waals surface area contributed by atoms with Gasteiger partial charge in [0.05, 0.1) is 27.7 Å². The van der Waals surface area contributed by atoms with E-state index in [0.717, 1.165) is 66.3 Å². The highest BCUT2D eigenvalue weighted by molar-refractivity contribution is 6.23. The summed E-state index contributed by atoms with van der Waals surface area (Å²) in [4.78, 5) is 5.44. The number of imidazole rings is 1. The van der Waals surface area contributed by atoms with Gasteiger partial charge in [0.15, 0.2) is 0 Å². The second-order valence-corrected chi connectivity index (χ2v) is 15.6. The Hall–Kier alpha value is -5.61. The lowest BCUT2D eigenvalue weighted by Crippen LogP contribution is -2.12. The Bertz CT molecular complexity index is 2750. The minimum atomic E-state index is -0.121. The van der Waals surface area contributed by atoms with Crippen molar-refractivity contribution in [3.8, 4) is 28.2 Å². The highest BCUT2D eigenvalue weighted by Gasteiger charge is 2.29. The molecule has 0 radical (unpaired) electrons. The largest absolute Gasteiger partial charge is 0.456 e. The fraction of sp³-hybridized carbons (Fsp3) is 0.213. The lowest BCUT2D eigenvalue weighted by atomic mass is 9.83. The lowest BCUT2D eigenvalue weighted by molar-refractivity contribution is 0.595. The maximum absolute atomic E-state index is 7.16. The van der Waals surface area contributed by atoms with Crippen LogP contribution in [0.15, 0.2) is 124 Å². The number of rotatable bonds is 5. The van der Waals surface area contributed by atoms with Gasteiger partial charge in [-0.3, -0.25) is 4.57 Å². The number of furan rings is 2. The predicted molar refractivity (Wildman–Crippen MR) is 213 cm³/mol. The summed E-state index contributed by atoms with van der Waals surface area (Å²) in [5.74, 6) is 1.42. The molecule has 0 spiro atoms. The maximum atomic E-state index is 7.16. The lowest BCUT2D eigenvalue weighted by Gasteiger charge is -2.25. The molecule has 0 fully saturated rings. The minimum Gasteiger partial charge on any atom is -0.456 e. The quantitative estimate of drug-likeness (QED) is 0.184. The van der Waals surface area contributed by atoms with Gasteiger partial charge in [-0.25, -0.2) is 4.98 Å². The fourth-order valence-corrected chi connectivity index (χ4v) is 8.00. The van der Waals surface area contributed by atoms with E-state index in [4.69, 9.17) is 13.8 Å². The van der Waals surface area contributed by atoms with Gasteiger partial charge in [0.25, 0.3) is 0 Å². The van der Waals surface area contributed by atoms with Crippen molar-refractivity contribution in [2.24, 2.45) is 0 Å². The number of fused-ring (bicyclic) bond motifs is 8. The average molecular weight is 667 g/mol. The molecule has 51 heavy (non-hydrogen) atoms. The summed E-state index contributed by atoms with van der Waals surface area (Å²) >= 11 is 0. The molecule has 0 saturated carbocycles. The van der Waals surface area contributed by atoms with Crippen LogP contribution in [0.1, 0.15) is 77.0 Å². The summed E-state index contributed by atoms with van der Waals surface area (Å²) in [5, 5.41) is 4.30. The minimum absolute atomic E-state index is 0.121. The molecule has 4 nitrogen and oxygen atoms in total. The van der Waals surface area contributed by atoms with Crippen molar-refractivity contribution in [3.05, 3.63) is 132 Å². The molecule has 0 N–H and O–H groups in total. The molecule has 0 saturated heterocycles. The topological polar surface area (TPSA) is 44.1 Å². The van der Waals surface area contributed by atoms with E-state index >= 15 is 0 Å². The fourth-order valence-electron chi connectivity index (χ4n) is 8.00. The molecule has 9 aromatic rings. The predicted octanol–water partition coefficient (Wildman–Crippen LogP) is 13.7. The molecule has 0 aliphatic heterocycles. The van der Waals surface area contributed by atoms with Gasteiger partial charge in [0.1, 0.15) is 28.2 Å². The van der Waals surface area contributed by atoms with E-state index in [0.29, 0.717) is 0 Å². The standard InChI is InChI=1S/C47H42N2O2/c1-27(2)34-25-30(29-15-9-8-10-16-29)26-35(28(3)4)43(34)49-38-19-13-12-18-37(38)48-46(49)33-21-23-36(47(5,6)7)41-32-22-24-40-42(44(32)51-45(33)41)31-17-11-14-20-39(31)50-40/h8-28H,1-7H3. The highest BCUT2D eigenvalue weighted by Crippen LogP contribution is 2.47. The summed E-state index contributed by atoms with van der Waals surface area (Å²) in [7, 11) is 0. The van der Waals surface area contributed by atoms with Crippen LogP contribution in [0.3, 0.4) is 0 Å². The molecule has 252 valence electrons. The van der Waals surface area contributed by atoms with E-state index in [-0.39, 0.29) is 17.3 Å². The van der Waals surface area contributed by atoms with Crippen LogP contribution in [0, 0.1) is 0 Å². The van der Waals surface area contributed by atoms with E-state index < -0.39 is 0 Å². The van der Waals surface area contributed by atoms with E-state index in [1.165, 1.54) is 33.5 Å². The van der Waals surface area contributed by atoms with Gasteiger partial charge in [0.2, 0.25) is 0 Å². The van der Waals surface area contributed by atoms with Gasteiger partial charge in [-0.05, 0) is 93.6 Å². The van der Waals surface area contributed by atoms with Crippen LogP contribution in [-0.2, 0) is 5.41 Å². The first kappa shape index (κ1) is 31.4. The number of hydrogen-bond donors (Lipinski definition) is 0. The van der Waals surface area contributed by atoms with Crippen molar-refractivity contribution in [1.29, 1.82) is 0 Å². The Morgan fingerprint density at radius 3 is 2.00 bits per heavy atom. The van der Waals surface area contributed by atoms with Crippen molar-refractivity contribution in [2.75, 3.05) is 0 Å². The molecule has 0 aliphatic rings. The van der Waals surface area contributed by atoms with E-state index in [9.17, 15) is 0 Å². The van der Waals surface area contributed by atoms with Crippen molar-refractivity contribution < 1.29 is 8.83 Å². The number of nitrogens with zero attached hydrogens (tertiary/aromatic N) is 2. The van der Waals surface area contributed by atoms with Crippen LogP contribution in [0.2, 0.25) is 0 Å². The number of benzene rings is 6. The van der Waals surface area contributed by atoms with Crippen molar-refractivity contribution in [1.82, 2.24) is 9.55 Å². The van der Waals surface area contributed by atoms with Crippen molar-refractivity contribution in [3.63, 3.8) is 0 Å². The van der Waals surface area contributed by atoms with Gasteiger partial charge in [-0.2, -0.15) is 0 Å². The first-order valence-electron chi connectivity index (χ1n) is 18.1. The molecule has 3 heterocycles. The van der Waals surface area contributed by atoms with E-state index in [1.54, 1.807) is 0 Å². The summed E-state index contributed by atoms with van der Waals surface area (Å²) in [6.45, 7) is 16.0. The molecular weight excluding hydrogens is 625 g/mol. The summed E-state index contributed by atoms with van der Waals surface area (Å²) < 4.78 is 15.9. The zero-order chi connectivity index (χ0) is 35.2. The average Bonchev–Trinajstić information content (AvgIpc) is 3.82. The first-order valence-corrected chi connectivity index (χ1v) is 18.1. The molecule has 3 aromatic heterocycles. The van der Waals surface area contributed by atoms with Gasteiger partial charge in [-0.1, -0.05) is 115 Å². The van der Waals surface area contributed by atoms with Crippen molar-refractivity contribution in [2.45, 2.75) is 65.7 Å².